The lowest BCUT2D eigenvalue weighted by atomic mass is 10.2. The molecule has 0 amide bonds. The van der Waals surface area contributed by atoms with Gasteiger partial charge in [0.15, 0.2) is 6.29 Å². The summed E-state index contributed by atoms with van der Waals surface area (Å²) in [5, 5.41) is 8.70. The molecule has 0 radical (unpaired) electrons. The third-order valence-electron chi connectivity index (χ3n) is 2.56. The van der Waals surface area contributed by atoms with Gasteiger partial charge in [-0.15, -0.1) is 0 Å². The number of hydrogen-bond donors (Lipinski definition) is 1. The Hall–Kier alpha value is -1.85. The molecule has 5 nitrogen and oxygen atoms in total. The van der Waals surface area contributed by atoms with Crippen LogP contribution in [0.3, 0.4) is 0 Å². The highest BCUT2D eigenvalue weighted by atomic mass is 16.7. The predicted octanol–water partition coefficient (Wildman–Crippen LogP) is 2.39. The van der Waals surface area contributed by atoms with Crippen molar-refractivity contribution in [2.24, 2.45) is 0 Å². The number of benzene rings is 1. The second kappa shape index (κ2) is 7.56. The lowest BCUT2D eigenvalue weighted by Crippen LogP contribution is -2.09. The van der Waals surface area contributed by atoms with Crippen molar-refractivity contribution in [3.8, 4) is 5.75 Å². The van der Waals surface area contributed by atoms with Crippen LogP contribution in [0.5, 0.6) is 5.75 Å². The summed E-state index contributed by atoms with van der Waals surface area (Å²) >= 11 is 0. The average Bonchev–Trinajstić information content (AvgIpc) is 2.41. The van der Waals surface area contributed by atoms with Gasteiger partial charge >= 0.3 is 5.97 Å². The highest BCUT2D eigenvalue weighted by Gasteiger charge is 2.14. The smallest absolute Gasteiger partial charge is 0.331 e. The van der Waals surface area contributed by atoms with Crippen LogP contribution >= 0.6 is 0 Å². The maximum atomic E-state index is 10.6. The van der Waals surface area contributed by atoms with E-state index in [9.17, 15) is 4.79 Å². The Morgan fingerprint density at radius 1 is 1.32 bits per heavy atom. The molecule has 104 valence electrons. The quantitative estimate of drug-likeness (QED) is 0.578. The zero-order chi connectivity index (χ0) is 14.3. The van der Waals surface area contributed by atoms with Crippen molar-refractivity contribution in [1.29, 1.82) is 0 Å². The first kappa shape index (κ1) is 15.2. The number of ether oxygens (including phenoxy) is 3. The van der Waals surface area contributed by atoms with Crippen molar-refractivity contribution in [3.05, 3.63) is 42.0 Å². The van der Waals surface area contributed by atoms with Gasteiger partial charge in [0.05, 0.1) is 6.61 Å². The predicted molar refractivity (Wildman–Crippen MR) is 70.1 cm³/mol. The van der Waals surface area contributed by atoms with Crippen LogP contribution in [0.1, 0.15) is 18.3 Å². The van der Waals surface area contributed by atoms with Crippen LogP contribution in [0.25, 0.3) is 0 Å². The second-order valence-electron chi connectivity index (χ2n) is 3.85. The summed E-state index contributed by atoms with van der Waals surface area (Å²) in [6.07, 6.45) is -0.257. The summed E-state index contributed by atoms with van der Waals surface area (Å²) in [4.78, 5) is 10.6. The first-order valence-electron chi connectivity index (χ1n) is 5.78. The molecule has 0 bridgehead atoms. The normalized spacial score (nSPS) is 10.5. The molecule has 0 aliphatic rings. The number of aliphatic carboxylic acids is 1. The minimum absolute atomic E-state index is 0.118. The first-order chi connectivity index (χ1) is 9.10. The van der Waals surface area contributed by atoms with E-state index < -0.39 is 12.3 Å². The van der Waals surface area contributed by atoms with Crippen molar-refractivity contribution in [2.45, 2.75) is 12.7 Å². The SMILES string of the molecule is C=C(CCOc1ccccc1C(OC)OC)C(=O)O. The first-order valence-corrected chi connectivity index (χ1v) is 5.78. The zero-order valence-corrected chi connectivity index (χ0v) is 11.1. The van der Waals surface area contributed by atoms with Crippen molar-refractivity contribution in [3.63, 3.8) is 0 Å². The van der Waals surface area contributed by atoms with Gasteiger partial charge < -0.3 is 19.3 Å². The number of para-hydroxylation sites is 1. The standard InChI is InChI=1S/C14H18O5/c1-10(13(15)16)8-9-19-12-7-5-4-6-11(12)14(17-2)18-3/h4-7,14H,1,8-9H2,2-3H3,(H,15,16). The fraction of sp³-hybridized carbons (Fsp3) is 0.357. The maximum absolute atomic E-state index is 10.6. The van der Waals surface area contributed by atoms with Gasteiger partial charge in [0.25, 0.3) is 0 Å². The van der Waals surface area contributed by atoms with E-state index in [4.69, 9.17) is 19.3 Å². The van der Waals surface area contributed by atoms with Gasteiger partial charge in [-0.2, -0.15) is 0 Å². The summed E-state index contributed by atoms with van der Waals surface area (Å²) in [5.41, 5.74) is 0.876. The number of rotatable bonds is 8. The Balaban J connectivity index is 2.68. The van der Waals surface area contributed by atoms with E-state index in [1.54, 1.807) is 6.07 Å². The molecule has 1 rings (SSSR count). The molecule has 1 aromatic carbocycles. The fourth-order valence-corrected chi connectivity index (χ4v) is 1.55. The van der Waals surface area contributed by atoms with E-state index in [0.717, 1.165) is 5.56 Å². The number of carboxylic acids is 1. The molecule has 5 heteroatoms. The largest absolute Gasteiger partial charge is 0.493 e. The molecule has 0 unspecified atom stereocenters. The summed E-state index contributed by atoms with van der Waals surface area (Å²) < 4.78 is 15.9. The highest BCUT2D eigenvalue weighted by molar-refractivity contribution is 5.85. The Morgan fingerprint density at radius 2 is 1.95 bits per heavy atom. The van der Waals surface area contributed by atoms with E-state index >= 15 is 0 Å². The van der Waals surface area contributed by atoms with Gasteiger partial charge in [0.2, 0.25) is 0 Å². The molecular weight excluding hydrogens is 248 g/mol. The maximum Gasteiger partial charge on any atom is 0.331 e. The lowest BCUT2D eigenvalue weighted by molar-refractivity contribution is -0.132. The van der Waals surface area contributed by atoms with Crippen molar-refractivity contribution in [2.75, 3.05) is 20.8 Å². The number of carbonyl (C=O) groups is 1. The fourth-order valence-electron chi connectivity index (χ4n) is 1.55. The zero-order valence-electron chi connectivity index (χ0n) is 11.1. The van der Waals surface area contributed by atoms with E-state index in [-0.39, 0.29) is 18.6 Å². The van der Waals surface area contributed by atoms with E-state index in [1.807, 2.05) is 18.2 Å². The minimum atomic E-state index is -1.01. The van der Waals surface area contributed by atoms with E-state index in [1.165, 1.54) is 14.2 Å². The van der Waals surface area contributed by atoms with Crippen LogP contribution in [0.15, 0.2) is 36.4 Å². The summed E-state index contributed by atoms with van der Waals surface area (Å²) in [5.74, 6) is -0.405. The van der Waals surface area contributed by atoms with Crippen molar-refractivity contribution in [1.82, 2.24) is 0 Å². The van der Waals surface area contributed by atoms with Gasteiger partial charge in [-0.25, -0.2) is 4.79 Å². The van der Waals surface area contributed by atoms with Gasteiger partial charge in [-0.3, -0.25) is 0 Å². The summed E-state index contributed by atoms with van der Waals surface area (Å²) in [6.45, 7) is 3.68. The van der Waals surface area contributed by atoms with E-state index in [2.05, 4.69) is 6.58 Å². The summed E-state index contributed by atoms with van der Waals surface area (Å²) in [7, 11) is 3.08. The van der Waals surface area contributed by atoms with Crippen LogP contribution in [0.2, 0.25) is 0 Å². The Kier molecular flexibility index (Phi) is 6.05. The molecule has 0 fully saturated rings. The lowest BCUT2D eigenvalue weighted by Gasteiger charge is -2.17. The molecule has 0 atom stereocenters. The number of carboxylic acid groups (broad SMARTS) is 1. The topological polar surface area (TPSA) is 65.0 Å². The average molecular weight is 266 g/mol. The number of hydrogen-bond acceptors (Lipinski definition) is 4. The molecule has 0 heterocycles. The number of methoxy groups -OCH3 is 2. The summed E-state index contributed by atoms with van der Waals surface area (Å²) in [6, 6.07) is 7.29. The molecule has 0 aromatic heterocycles. The van der Waals surface area contributed by atoms with Crippen LogP contribution in [0, 0.1) is 0 Å². The Bertz CT molecular complexity index is 437. The molecule has 0 saturated carbocycles. The molecule has 0 aliphatic heterocycles. The molecule has 19 heavy (non-hydrogen) atoms. The van der Waals surface area contributed by atoms with E-state index in [0.29, 0.717) is 5.75 Å². The molecule has 0 aliphatic carbocycles. The van der Waals surface area contributed by atoms with Crippen LogP contribution < -0.4 is 4.74 Å². The van der Waals surface area contributed by atoms with Crippen LogP contribution in [0.4, 0.5) is 0 Å². The second-order valence-corrected chi connectivity index (χ2v) is 3.85. The van der Waals surface area contributed by atoms with Gasteiger partial charge in [-0.05, 0) is 6.07 Å². The minimum Gasteiger partial charge on any atom is -0.493 e. The molecular formula is C14H18O5. The van der Waals surface area contributed by atoms with Crippen LogP contribution in [-0.4, -0.2) is 31.9 Å². The van der Waals surface area contributed by atoms with Crippen molar-refractivity contribution < 1.29 is 24.1 Å². The van der Waals surface area contributed by atoms with Crippen LogP contribution in [-0.2, 0) is 14.3 Å². The molecule has 0 spiro atoms. The monoisotopic (exact) mass is 266 g/mol. The molecule has 1 N–H and O–H groups in total. The Morgan fingerprint density at radius 3 is 2.53 bits per heavy atom. The highest BCUT2D eigenvalue weighted by Crippen LogP contribution is 2.27. The molecule has 1 aromatic rings. The van der Waals surface area contributed by atoms with Crippen molar-refractivity contribution >= 4 is 5.97 Å². The third kappa shape index (κ3) is 4.39. The third-order valence-corrected chi connectivity index (χ3v) is 2.56. The van der Waals surface area contributed by atoms with Gasteiger partial charge in [0, 0.05) is 31.8 Å². The van der Waals surface area contributed by atoms with Gasteiger partial charge in [0.1, 0.15) is 5.75 Å². The molecule has 0 saturated heterocycles. The van der Waals surface area contributed by atoms with Gasteiger partial charge in [-0.1, -0.05) is 24.8 Å². The Labute approximate surface area is 112 Å².